The molecule has 2 fully saturated rings. The van der Waals surface area contributed by atoms with Gasteiger partial charge in [-0.3, -0.25) is 9.69 Å². The highest BCUT2D eigenvalue weighted by molar-refractivity contribution is 5.99. The lowest BCUT2D eigenvalue weighted by molar-refractivity contribution is 0.0564. The minimum Gasteiger partial charge on any atom is -0.292 e. The van der Waals surface area contributed by atoms with Gasteiger partial charge in [0.15, 0.2) is 5.78 Å². The van der Waals surface area contributed by atoms with Gasteiger partial charge in [0.25, 0.3) is 0 Å². The summed E-state index contributed by atoms with van der Waals surface area (Å²) in [4.78, 5) is 15.0. The zero-order valence-electron chi connectivity index (χ0n) is 12.0. The molecule has 1 aromatic carbocycles. The van der Waals surface area contributed by atoms with Gasteiger partial charge in [-0.2, -0.15) is 0 Å². The number of hydrogen-bond donors (Lipinski definition) is 0. The third-order valence-corrected chi connectivity index (χ3v) is 5.04. The molecule has 0 amide bonds. The molecule has 1 heterocycles. The van der Waals surface area contributed by atoms with E-state index in [0.29, 0.717) is 11.6 Å². The fraction of sp³-hybridized carbons (Fsp3) is 0.588. The van der Waals surface area contributed by atoms with Crippen LogP contribution in [-0.2, 0) is 0 Å². The summed E-state index contributed by atoms with van der Waals surface area (Å²) < 4.78 is 13.0. The molecular weight excluding hydrogens is 253 g/mol. The van der Waals surface area contributed by atoms with Crippen molar-refractivity contribution in [3.63, 3.8) is 0 Å². The number of hydrogen-bond acceptors (Lipinski definition) is 2. The van der Waals surface area contributed by atoms with E-state index in [-0.39, 0.29) is 17.6 Å². The van der Waals surface area contributed by atoms with Gasteiger partial charge in [0, 0.05) is 11.6 Å². The topological polar surface area (TPSA) is 20.3 Å². The molecule has 1 saturated heterocycles. The summed E-state index contributed by atoms with van der Waals surface area (Å²) in [5.74, 6) is 0.618. The van der Waals surface area contributed by atoms with Gasteiger partial charge in [0.1, 0.15) is 5.82 Å². The van der Waals surface area contributed by atoms with E-state index < -0.39 is 0 Å². The third kappa shape index (κ3) is 2.51. The van der Waals surface area contributed by atoms with Crippen LogP contribution in [0, 0.1) is 11.7 Å². The van der Waals surface area contributed by atoms with Gasteiger partial charge in [-0.1, -0.05) is 6.42 Å². The standard InChI is InChI=1S/C17H22FNO/c1-12(17(20)14-7-9-15(18)10-8-14)19-11-3-5-13-4-2-6-16(13)19/h7-10,12-13,16H,2-6,11H2,1H3. The monoisotopic (exact) mass is 275 g/mol. The van der Waals surface area contributed by atoms with Crippen LogP contribution >= 0.6 is 0 Å². The van der Waals surface area contributed by atoms with Crippen molar-refractivity contribution in [2.24, 2.45) is 5.92 Å². The van der Waals surface area contributed by atoms with Crippen molar-refractivity contribution in [3.05, 3.63) is 35.6 Å². The van der Waals surface area contributed by atoms with Crippen molar-refractivity contribution < 1.29 is 9.18 Å². The molecule has 3 heteroatoms. The molecule has 3 unspecified atom stereocenters. The zero-order chi connectivity index (χ0) is 14.1. The van der Waals surface area contributed by atoms with Gasteiger partial charge in [-0.15, -0.1) is 0 Å². The van der Waals surface area contributed by atoms with Crippen LogP contribution in [0.5, 0.6) is 0 Å². The number of benzene rings is 1. The van der Waals surface area contributed by atoms with E-state index in [2.05, 4.69) is 4.90 Å². The van der Waals surface area contributed by atoms with Gasteiger partial charge in [0.05, 0.1) is 6.04 Å². The van der Waals surface area contributed by atoms with Crippen LogP contribution < -0.4 is 0 Å². The second kappa shape index (κ2) is 5.65. The molecule has 1 aliphatic heterocycles. The maximum absolute atomic E-state index is 13.0. The van der Waals surface area contributed by atoms with Crippen LogP contribution in [0.1, 0.15) is 49.4 Å². The molecule has 0 N–H and O–H groups in total. The number of piperidine rings is 1. The summed E-state index contributed by atoms with van der Waals surface area (Å²) in [6, 6.07) is 6.44. The van der Waals surface area contributed by atoms with Gasteiger partial charge < -0.3 is 0 Å². The van der Waals surface area contributed by atoms with Crippen molar-refractivity contribution >= 4 is 5.78 Å². The molecule has 1 aromatic rings. The molecule has 1 aliphatic carbocycles. The van der Waals surface area contributed by atoms with Crippen LogP contribution in [0.15, 0.2) is 24.3 Å². The summed E-state index contributed by atoms with van der Waals surface area (Å²) in [6.45, 7) is 3.03. The molecule has 0 spiro atoms. The third-order valence-electron chi connectivity index (χ3n) is 5.04. The van der Waals surface area contributed by atoms with Gasteiger partial charge >= 0.3 is 0 Å². The van der Waals surface area contributed by atoms with E-state index in [1.807, 2.05) is 6.92 Å². The van der Waals surface area contributed by atoms with Crippen molar-refractivity contribution in [1.82, 2.24) is 4.90 Å². The number of fused-ring (bicyclic) bond motifs is 1. The first-order valence-corrected chi connectivity index (χ1v) is 7.72. The lowest BCUT2D eigenvalue weighted by Gasteiger charge is -2.41. The van der Waals surface area contributed by atoms with Crippen LogP contribution in [-0.4, -0.2) is 29.3 Å². The first-order chi connectivity index (χ1) is 9.66. The lowest BCUT2D eigenvalue weighted by atomic mass is 9.89. The normalized spacial score (nSPS) is 28.1. The molecule has 20 heavy (non-hydrogen) atoms. The van der Waals surface area contributed by atoms with Crippen molar-refractivity contribution in [1.29, 1.82) is 0 Å². The first-order valence-electron chi connectivity index (χ1n) is 7.72. The Hall–Kier alpha value is -1.22. The van der Waals surface area contributed by atoms with Crippen LogP contribution in [0.4, 0.5) is 4.39 Å². The molecule has 0 radical (unpaired) electrons. The Kier molecular flexibility index (Phi) is 3.88. The number of ketones is 1. The molecular formula is C17H22FNO. The van der Waals surface area contributed by atoms with Crippen LogP contribution in [0.25, 0.3) is 0 Å². The Bertz CT molecular complexity index is 484. The number of rotatable bonds is 3. The molecule has 3 atom stereocenters. The van der Waals surface area contributed by atoms with Crippen LogP contribution in [0.2, 0.25) is 0 Å². The molecule has 108 valence electrons. The van der Waals surface area contributed by atoms with E-state index in [4.69, 9.17) is 0 Å². The number of carbonyl (C=O) groups excluding carboxylic acids is 1. The number of halogens is 1. The average molecular weight is 275 g/mol. The van der Waals surface area contributed by atoms with E-state index >= 15 is 0 Å². The number of nitrogens with zero attached hydrogens (tertiary/aromatic N) is 1. The van der Waals surface area contributed by atoms with Crippen LogP contribution in [0.3, 0.4) is 0 Å². The molecule has 0 aromatic heterocycles. The Morgan fingerprint density at radius 1 is 1.20 bits per heavy atom. The van der Waals surface area contributed by atoms with Gasteiger partial charge in [-0.05, 0) is 69.3 Å². The number of carbonyl (C=O) groups is 1. The molecule has 1 saturated carbocycles. The fourth-order valence-corrected chi connectivity index (χ4v) is 3.98. The zero-order valence-corrected chi connectivity index (χ0v) is 12.0. The highest BCUT2D eigenvalue weighted by Gasteiger charge is 2.38. The van der Waals surface area contributed by atoms with E-state index in [1.54, 1.807) is 12.1 Å². The van der Waals surface area contributed by atoms with E-state index in [0.717, 1.165) is 12.5 Å². The second-order valence-corrected chi connectivity index (χ2v) is 6.19. The number of likely N-dealkylation sites (tertiary alicyclic amines) is 1. The Labute approximate surface area is 120 Å². The summed E-state index contributed by atoms with van der Waals surface area (Å²) in [7, 11) is 0. The predicted octanol–water partition coefficient (Wildman–Crippen LogP) is 3.66. The number of Topliss-reactive ketones (excluding diaryl/α,β-unsaturated/α-hetero) is 1. The molecule has 2 aliphatic rings. The highest BCUT2D eigenvalue weighted by atomic mass is 19.1. The predicted molar refractivity (Wildman–Crippen MR) is 77.3 cm³/mol. The largest absolute Gasteiger partial charge is 0.292 e. The second-order valence-electron chi connectivity index (χ2n) is 6.19. The van der Waals surface area contributed by atoms with Crippen molar-refractivity contribution in [2.45, 2.75) is 51.1 Å². The minimum atomic E-state index is -0.289. The summed E-state index contributed by atoms with van der Waals surface area (Å²) in [5, 5.41) is 0. The molecule has 3 rings (SSSR count). The van der Waals surface area contributed by atoms with Crippen molar-refractivity contribution in [3.8, 4) is 0 Å². The summed E-state index contributed by atoms with van der Waals surface area (Å²) in [6.07, 6.45) is 6.36. The minimum absolute atomic E-state index is 0.0913. The first kappa shape index (κ1) is 13.7. The average Bonchev–Trinajstić information content (AvgIpc) is 2.95. The fourth-order valence-electron chi connectivity index (χ4n) is 3.98. The summed E-state index contributed by atoms with van der Waals surface area (Å²) >= 11 is 0. The highest BCUT2D eigenvalue weighted by Crippen LogP contribution is 2.38. The van der Waals surface area contributed by atoms with E-state index in [1.165, 1.54) is 44.2 Å². The molecule has 2 nitrogen and oxygen atoms in total. The Morgan fingerprint density at radius 2 is 1.90 bits per heavy atom. The molecule has 0 bridgehead atoms. The smallest absolute Gasteiger partial charge is 0.179 e. The Balaban J connectivity index is 1.75. The van der Waals surface area contributed by atoms with Gasteiger partial charge in [-0.25, -0.2) is 4.39 Å². The summed E-state index contributed by atoms with van der Waals surface area (Å²) in [5.41, 5.74) is 0.624. The Morgan fingerprint density at radius 3 is 2.65 bits per heavy atom. The van der Waals surface area contributed by atoms with Crippen molar-refractivity contribution in [2.75, 3.05) is 6.54 Å². The van der Waals surface area contributed by atoms with Gasteiger partial charge in [0.2, 0.25) is 0 Å². The van der Waals surface area contributed by atoms with E-state index in [9.17, 15) is 9.18 Å². The maximum Gasteiger partial charge on any atom is 0.179 e. The maximum atomic E-state index is 13.0. The SMILES string of the molecule is CC(C(=O)c1ccc(F)cc1)N1CCCC2CCCC21. The quantitative estimate of drug-likeness (QED) is 0.785. The lowest BCUT2D eigenvalue weighted by Crippen LogP contribution is -2.50.